The minimum absolute atomic E-state index is 0.0210. The Morgan fingerprint density at radius 2 is 2.05 bits per heavy atom. The number of carbonyl (C=O) groups excluding carboxylic acids is 2. The Morgan fingerprint density at radius 1 is 1.35 bits per heavy atom. The molecule has 0 unspecified atom stereocenters. The highest BCUT2D eigenvalue weighted by atomic mass is 16.3. The molecule has 0 spiro atoms. The highest BCUT2D eigenvalue weighted by Crippen LogP contribution is 2.16. The van der Waals surface area contributed by atoms with Gasteiger partial charge in [-0.15, -0.1) is 0 Å². The molecule has 2 amide bonds. The molecule has 1 aromatic carbocycles. The number of unbranched alkanes of at least 4 members (excludes halogenated alkanes) is 1. The van der Waals surface area contributed by atoms with E-state index >= 15 is 0 Å². The zero-order valence-electron chi connectivity index (χ0n) is 11.6. The zero-order chi connectivity index (χ0) is 15.0. The zero-order valence-corrected chi connectivity index (χ0v) is 11.6. The third kappa shape index (κ3) is 4.89. The Kier molecular flexibility index (Phi) is 6.52. The fourth-order valence-electron chi connectivity index (χ4n) is 1.86. The molecule has 1 rings (SSSR count). The minimum Gasteiger partial charge on any atom is -0.508 e. The third-order valence-corrected chi connectivity index (χ3v) is 2.98. The number of nitrogens with two attached hydrogens (primary N) is 1. The number of carbonyl (C=O) groups is 2. The lowest BCUT2D eigenvalue weighted by atomic mass is 10.1. The van der Waals surface area contributed by atoms with E-state index in [0.717, 1.165) is 12.8 Å². The summed E-state index contributed by atoms with van der Waals surface area (Å²) < 4.78 is 0. The van der Waals surface area contributed by atoms with Gasteiger partial charge in [0.2, 0.25) is 5.91 Å². The van der Waals surface area contributed by atoms with Gasteiger partial charge in [0.1, 0.15) is 11.8 Å². The van der Waals surface area contributed by atoms with Crippen molar-refractivity contribution >= 4 is 11.8 Å². The molecular formula is C14H21N3O3. The first-order chi connectivity index (χ1) is 9.58. The fraction of sp³-hybridized carbons (Fsp3) is 0.429. The molecule has 0 aliphatic carbocycles. The Hall–Kier alpha value is -2.08. The SMILES string of the molecule is CCCC[C@H](NC(=O)Cc1ccccc1O)C(=O)NN. The van der Waals surface area contributed by atoms with E-state index in [1.807, 2.05) is 6.92 Å². The summed E-state index contributed by atoms with van der Waals surface area (Å²) in [6, 6.07) is 5.97. The van der Waals surface area contributed by atoms with Crippen molar-refractivity contribution in [2.75, 3.05) is 0 Å². The molecule has 0 aromatic heterocycles. The maximum Gasteiger partial charge on any atom is 0.256 e. The van der Waals surface area contributed by atoms with Crippen LogP contribution in [-0.2, 0) is 16.0 Å². The van der Waals surface area contributed by atoms with Crippen LogP contribution in [0.2, 0.25) is 0 Å². The van der Waals surface area contributed by atoms with Crippen LogP contribution in [0.1, 0.15) is 31.7 Å². The number of phenols is 1. The van der Waals surface area contributed by atoms with Gasteiger partial charge in [0.25, 0.3) is 5.91 Å². The van der Waals surface area contributed by atoms with E-state index in [2.05, 4.69) is 10.7 Å². The van der Waals surface area contributed by atoms with E-state index in [-0.39, 0.29) is 18.1 Å². The molecule has 110 valence electrons. The first kappa shape index (κ1) is 16.0. The van der Waals surface area contributed by atoms with E-state index < -0.39 is 11.9 Å². The van der Waals surface area contributed by atoms with Gasteiger partial charge in [-0.05, 0) is 12.5 Å². The number of benzene rings is 1. The van der Waals surface area contributed by atoms with Gasteiger partial charge in [0.15, 0.2) is 0 Å². The lowest BCUT2D eigenvalue weighted by Gasteiger charge is -2.17. The monoisotopic (exact) mass is 279 g/mol. The summed E-state index contributed by atoms with van der Waals surface area (Å²) in [4.78, 5) is 23.5. The van der Waals surface area contributed by atoms with Gasteiger partial charge >= 0.3 is 0 Å². The van der Waals surface area contributed by atoms with E-state index in [4.69, 9.17) is 5.84 Å². The lowest BCUT2D eigenvalue weighted by molar-refractivity contribution is -0.128. The predicted molar refractivity (Wildman–Crippen MR) is 75.6 cm³/mol. The smallest absolute Gasteiger partial charge is 0.256 e. The largest absolute Gasteiger partial charge is 0.508 e. The van der Waals surface area contributed by atoms with Crippen molar-refractivity contribution in [1.82, 2.24) is 10.7 Å². The molecule has 6 nitrogen and oxygen atoms in total. The summed E-state index contributed by atoms with van der Waals surface area (Å²) in [5.74, 6) is 4.44. The van der Waals surface area contributed by atoms with E-state index in [0.29, 0.717) is 12.0 Å². The average Bonchev–Trinajstić information content (AvgIpc) is 2.45. The second-order valence-electron chi connectivity index (χ2n) is 4.58. The van der Waals surface area contributed by atoms with Gasteiger partial charge in [0, 0.05) is 5.56 Å². The van der Waals surface area contributed by atoms with Crippen LogP contribution in [0.25, 0.3) is 0 Å². The molecule has 0 aliphatic heterocycles. The molecule has 0 aliphatic rings. The van der Waals surface area contributed by atoms with Gasteiger partial charge in [0.05, 0.1) is 6.42 Å². The third-order valence-electron chi connectivity index (χ3n) is 2.98. The normalized spacial score (nSPS) is 11.7. The van der Waals surface area contributed by atoms with Crippen LogP contribution in [0.5, 0.6) is 5.75 Å². The minimum atomic E-state index is -0.640. The topological polar surface area (TPSA) is 104 Å². The fourth-order valence-corrected chi connectivity index (χ4v) is 1.86. The number of hydrogen-bond donors (Lipinski definition) is 4. The second kappa shape index (κ2) is 8.16. The van der Waals surface area contributed by atoms with E-state index in [1.54, 1.807) is 18.2 Å². The molecular weight excluding hydrogens is 258 g/mol. The van der Waals surface area contributed by atoms with Gasteiger partial charge in [-0.1, -0.05) is 38.0 Å². The Balaban J connectivity index is 2.61. The molecule has 20 heavy (non-hydrogen) atoms. The average molecular weight is 279 g/mol. The lowest BCUT2D eigenvalue weighted by Crippen LogP contribution is -2.49. The number of hydrazine groups is 1. The maximum absolute atomic E-state index is 11.9. The van der Waals surface area contributed by atoms with Crippen molar-refractivity contribution in [3.05, 3.63) is 29.8 Å². The van der Waals surface area contributed by atoms with Crippen LogP contribution in [0.3, 0.4) is 0 Å². The van der Waals surface area contributed by atoms with E-state index in [9.17, 15) is 14.7 Å². The van der Waals surface area contributed by atoms with Crippen LogP contribution in [0.15, 0.2) is 24.3 Å². The van der Waals surface area contributed by atoms with E-state index in [1.165, 1.54) is 6.07 Å². The van der Waals surface area contributed by atoms with Crippen LogP contribution < -0.4 is 16.6 Å². The van der Waals surface area contributed by atoms with Crippen LogP contribution >= 0.6 is 0 Å². The van der Waals surface area contributed by atoms with Crippen molar-refractivity contribution in [3.8, 4) is 5.75 Å². The summed E-state index contributed by atoms with van der Waals surface area (Å²) in [5, 5.41) is 12.2. The molecule has 0 saturated heterocycles. The summed E-state index contributed by atoms with van der Waals surface area (Å²) in [7, 11) is 0. The number of amides is 2. The van der Waals surface area contributed by atoms with Crippen molar-refractivity contribution in [1.29, 1.82) is 0 Å². The Bertz CT molecular complexity index is 463. The molecule has 0 bridgehead atoms. The van der Waals surface area contributed by atoms with Crippen molar-refractivity contribution in [2.24, 2.45) is 5.84 Å². The first-order valence-electron chi connectivity index (χ1n) is 6.65. The Labute approximate surface area is 118 Å². The molecule has 0 saturated carbocycles. The van der Waals surface area contributed by atoms with Gasteiger partial charge in [-0.3, -0.25) is 15.0 Å². The summed E-state index contributed by atoms with van der Waals surface area (Å²) in [6.45, 7) is 2.00. The van der Waals surface area contributed by atoms with Crippen LogP contribution in [0.4, 0.5) is 0 Å². The number of rotatable bonds is 7. The summed E-state index contributed by atoms with van der Waals surface area (Å²) in [5.41, 5.74) is 2.57. The second-order valence-corrected chi connectivity index (χ2v) is 4.58. The maximum atomic E-state index is 11.9. The van der Waals surface area contributed by atoms with Crippen molar-refractivity contribution < 1.29 is 14.7 Å². The van der Waals surface area contributed by atoms with Crippen LogP contribution in [0, 0.1) is 0 Å². The molecule has 6 heteroatoms. The van der Waals surface area contributed by atoms with Crippen molar-refractivity contribution in [3.63, 3.8) is 0 Å². The number of aromatic hydroxyl groups is 1. The highest BCUT2D eigenvalue weighted by molar-refractivity contribution is 5.88. The van der Waals surface area contributed by atoms with Crippen LogP contribution in [-0.4, -0.2) is 23.0 Å². The number of phenolic OH excluding ortho intramolecular Hbond substituents is 1. The van der Waals surface area contributed by atoms with Crippen molar-refractivity contribution in [2.45, 2.75) is 38.6 Å². The highest BCUT2D eigenvalue weighted by Gasteiger charge is 2.19. The van der Waals surface area contributed by atoms with Gasteiger partial charge in [-0.25, -0.2) is 5.84 Å². The molecule has 0 heterocycles. The molecule has 1 atom stereocenters. The Morgan fingerprint density at radius 3 is 2.65 bits per heavy atom. The first-order valence-corrected chi connectivity index (χ1v) is 6.65. The number of para-hydroxylation sites is 1. The summed E-state index contributed by atoms with van der Waals surface area (Å²) in [6.07, 6.45) is 2.29. The molecule has 0 fully saturated rings. The number of nitrogens with one attached hydrogen (secondary N) is 2. The molecule has 1 aromatic rings. The number of hydrogen-bond acceptors (Lipinski definition) is 4. The summed E-state index contributed by atoms with van der Waals surface area (Å²) >= 11 is 0. The predicted octanol–water partition coefficient (Wildman–Crippen LogP) is 0.600. The standard InChI is InChI=1S/C14H21N3O3/c1-2-3-7-11(14(20)17-15)16-13(19)9-10-6-4-5-8-12(10)18/h4-6,8,11,18H,2-3,7,9,15H2,1H3,(H,16,19)(H,17,20)/t11-/m0/s1. The van der Waals surface area contributed by atoms with Gasteiger partial charge < -0.3 is 10.4 Å². The quantitative estimate of drug-likeness (QED) is 0.333. The molecule has 5 N–H and O–H groups in total. The van der Waals surface area contributed by atoms with Gasteiger partial charge in [-0.2, -0.15) is 0 Å². The molecule has 0 radical (unpaired) electrons.